The fraction of sp³-hybridized carbons (Fsp3) is 0.440. The van der Waals surface area contributed by atoms with Crippen molar-refractivity contribution in [1.82, 2.24) is 15.5 Å². The molecule has 2 aromatic rings. The van der Waals surface area contributed by atoms with Crippen LogP contribution >= 0.6 is 0 Å². The van der Waals surface area contributed by atoms with E-state index >= 15 is 0 Å². The lowest BCUT2D eigenvalue weighted by molar-refractivity contribution is -0.129. The Morgan fingerprint density at radius 3 is 2.23 bits per heavy atom. The highest BCUT2D eigenvalue weighted by molar-refractivity contribution is 5.88. The maximum absolute atomic E-state index is 12.9. The second-order valence-corrected chi connectivity index (χ2v) is 8.42. The molecule has 1 atom stereocenters. The van der Waals surface area contributed by atoms with Gasteiger partial charge in [0.05, 0.1) is 6.42 Å². The van der Waals surface area contributed by atoms with Gasteiger partial charge in [-0.1, -0.05) is 68.4 Å². The average molecular weight is 408 g/mol. The van der Waals surface area contributed by atoms with Crippen LogP contribution in [-0.2, 0) is 29.1 Å². The molecule has 1 aliphatic rings. The lowest BCUT2D eigenvalue weighted by atomic mass is 10.0. The summed E-state index contributed by atoms with van der Waals surface area (Å²) in [5.41, 5.74) is 3.33. The molecule has 3 rings (SSSR count). The second-order valence-electron chi connectivity index (χ2n) is 8.42. The smallest absolute Gasteiger partial charge is 0.243 e. The fourth-order valence-electron chi connectivity index (χ4n) is 3.90. The largest absolute Gasteiger partial charge is 0.350 e. The number of hydrogen-bond donors (Lipinski definition) is 2. The maximum atomic E-state index is 12.9. The van der Waals surface area contributed by atoms with Gasteiger partial charge < -0.3 is 10.6 Å². The molecule has 5 nitrogen and oxygen atoms in total. The topological polar surface area (TPSA) is 61.4 Å². The number of nitrogens with one attached hydrogen (secondary N) is 2. The first kappa shape index (κ1) is 22.0. The Morgan fingerprint density at radius 1 is 0.933 bits per heavy atom. The summed E-state index contributed by atoms with van der Waals surface area (Å²) < 4.78 is 0. The molecule has 1 heterocycles. The van der Waals surface area contributed by atoms with E-state index in [0.717, 1.165) is 30.8 Å². The van der Waals surface area contributed by atoms with E-state index in [9.17, 15) is 9.59 Å². The van der Waals surface area contributed by atoms with Crippen LogP contribution < -0.4 is 10.6 Å². The molecule has 0 aromatic heterocycles. The highest BCUT2D eigenvalue weighted by Crippen LogP contribution is 2.16. The first-order valence-electron chi connectivity index (χ1n) is 10.9. The molecule has 1 aliphatic heterocycles. The molecule has 2 N–H and O–H groups in total. The summed E-state index contributed by atoms with van der Waals surface area (Å²) >= 11 is 0. The molecule has 0 saturated carbocycles. The van der Waals surface area contributed by atoms with E-state index in [1.165, 1.54) is 18.4 Å². The lowest BCUT2D eigenvalue weighted by Crippen LogP contribution is -2.50. The standard InChI is InChI=1S/C25H33N3O2/c1-19(2)24(27-23(29)16-20-10-4-3-5-11-20)25(30)26-17-21-12-6-7-13-22(21)18-28-14-8-9-15-28/h3-7,10-13,19,24H,8-9,14-18H2,1-2H3,(H,26,30)(H,27,29)/t24-/m0/s1. The van der Waals surface area contributed by atoms with Gasteiger partial charge in [-0.15, -0.1) is 0 Å². The number of rotatable bonds is 9. The van der Waals surface area contributed by atoms with Crippen LogP contribution in [0.4, 0.5) is 0 Å². The van der Waals surface area contributed by atoms with E-state index in [0.29, 0.717) is 6.54 Å². The van der Waals surface area contributed by atoms with Gasteiger partial charge in [-0.3, -0.25) is 14.5 Å². The molecule has 0 aliphatic carbocycles. The van der Waals surface area contributed by atoms with Crippen LogP contribution in [0, 0.1) is 5.92 Å². The third-order valence-corrected chi connectivity index (χ3v) is 5.64. The summed E-state index contributed by atoms with van der Waals surface area (Å²) in [6, 6.07) is 17.3. The minimum absolute atomic E-state index is 0.00423. The van der Waals surface area contributed by atoms with E-state index in [-0.39, 0.29) is 24.2 Å². The number of carbonyl (C=O) groups is 2. The number of hydrogen-bond acceptors (Lipinski definition) is 3. The fourth-order valence-corrected chi connectivity index (χ4v) is 3.90. The molecule has 160 valence electrons. The Bertz CT molecular complexity index is 829. The van der Waals surface area contributed by atoms with Crippen molar-refractivity contribution in [2.24, 2.45) is 5.92 Å². The molecular formula is C25H33N3O2. The molecule has 1 saturated heterocycles. The van der Waals surface area contributed by atoms with Crippen molar-refractivity contribution in [3.05, 3.63) is 71.3 Å². The van der Waals surface area contributed by atoms with Gasteiger partial charge in [-0.05, 0) is 48.5 Å². The van der Waals surface area contributed by atoms with Crippen LogP contribution in [0.3, 0.4) is 0 Å². The molecule has 30 heavy (non-hydrogen) atoms. The molecule has 0 spiro atoms. The predicted octanol–water partition coefficient (Wildman–Crippen LogP) is 3.28. The second kappa shape index (κ2) is 10.9. The van der Waals surface area contributed by atoms with Gasteiger partial charge in [0.2, 0.25) is 11.8 Å². The average Bonchev–Trinajstić information content (AvgIpc) is 3.25. The molecular weight excluding hydrogens is 374 g/mol. The number of carbonyl (C=O) groups excluding carboxylic acids is 2. The highest BCUT2D eigenvalue weighted by Gasteiger charge is 2.24. The van der Waals surface area contributed by atoms with Gasteiger partial charge >= 0.3 is 0 Å². The number of likely N-dealkylation sites (tertiary alicyclic amines) is 1. The molecule has 0 bridgehead atoms. The zero-order valence-electron chi connectivity index (χ0n) is 18.1. The van der Waals surface area contributed by atoms with Crippen molar-refractivity contribution in [2.75, 3.05) is 13.1 Å². The van der Waals surface area contributed by atoms with Gasteiger partial charge in [0.1, 0.15) is 6.04 Å². The summed E-state index contributed by atoms with van der Waals surface area (Å²) in [7, 11) is 0. The van der Waals surface area contributed by atoms with Crippen molar-refractivity contribution in [3.63, 3.8) is 0 Å². The predicted molar refractivity (Wildman–Crippen MR) is 120 cm³/mol. The molecule has 2 amide bonds. The Balaban J connectivity index is 1.57. The lowest BCUT2D eigenvalue weighted by Gasteiger charge is -2.23. The summed E-state index contributed by atoms with van der Waals surface area (Å²) in [6.07, 6.45) is 2.80. The van der Waals surface area contributed by atoms with Gasteiger partial charge in [0.15, 0.2) is 0 Å². The van der Waals surface area contributed by atoms with E-state index in [1.54, 1.807) is 0 Å². The van der Waals surface area contributed by atoms with Gasteiger partial charge in [-0.25, -0.2) is 0 Å². The zero-order valence-corrected chi connectivity index (χ0v) is 18.1. The van der Waals surface area contributed by atoms with Crippen molar-refractivity contribution >= 4 is 11.8 Å². The molecule has 1 fully saturated rings. The Kier molecular flexibility index (Phi) is 8.03. The third kappa shape index (κ3) is 6.42. The monoisotopic (exact) mass is 407 g/mol. The minimum atomic E-state index is -0.549. The summed E-state index contributed by atoms with van der Waals surface area (Å²) in [5, 5.41) is 5.96. The first-order valence-corrected chi connectivity index (χ1v) is 10.9. The SMILES string of the molecule is CC(C)[C@H](NC(=O)Cc1ccccc1)C(=O)NCc1ccccc1CN1CCCC1. The summed E-state index contributed by atoms with van der Waals surface area (Å²) in [6.45, 7) is 7.59. The van der Waals surface area contributed by atoms with E-state index in [1.807, 2.05) is 50.2 Å². The molecule has 5 heteroatoms. The Morgan fingerprint density at radius 2 is 1.57 bits per heavy atom. The number of amides is 2. The number of nitrogens with zero attached hydrogens (tertiary/aromatic N) is 1. The molecule has 0 unspecified atom stereocenters. The Labute approximate surface area is 179 Å². The van der Waals surface area contributed by atoms with Crippen molar-refractivity contribution in [2.45, 2.75) is 52.2 Å². The molecule has 2 aromatic carbocycles. The maximum Gasteiger partial charge on any atom is 0.243 e. The quantitative estimate of drug-likeness (QED) is 0.671. The summed E-state index contributed by atoms with van der Waals surface area (Å²) in [4.78, 5) is 27.8. The van der Waals surface area contributed by atoms with E-state index in [4.69, 9.17) is 0 Å². The van der Waals surface area contributed by atoms with Crippen LogP contribution in [0.5, 0.6) is 0 Å². The van der Waals surface area contributed by atoms with Crippen LogP contribution in [0.15, 0.2) is 54.6 Å². The Hall–Kier alpha value is -2.66. The summed E-state index contributed by atoms with van der Waals surface area (Å²) in [5.74, 6) is -0.267. The normalized spacial score (nSPS) is 15.2. The van der Waals surface area contributed by atoms with Crippen LogP contribution in [0.2, 0.25) is 0 Å². The minimum Gasteiger partial charge on any atom is -0.350 e. The van der Waals surface area contributed by atoms with E-state index in [2.05, 4.69) is 33.7 Å². The van der Waals surface area contributed by atoms with Crippen molar-refractivity contribution in [3.8, 4) is 0 Å². The van der Waals surface area contributed by atoms with Crippen LogP contribution in [-0.4, -0.2) is 35.8 Å². The van der Waals surface area contributed by atoms with Crippen molar-refractivity contribution in [1.29, 1.82) is 0 Å². The zero-order chi connectivity index (χ0) is 21.3. The van der Waals surface area contributed by atoms with Crippen molar-refractivity contribution < 1.29 is 9.59 Å². The van der Waals surface area contributed by atoms with Gasteiger partial charge in [0, 0.05) is 13.1 Å². The number of benzene rings is 2. The molecule has 0 radical (unpaired) electrons. The van der Waals surface area contributed by atoms with Crippen LogP contribution in [0.1, 0.15) is 43.4 Å². The van der Waals surface area contributed by atoms with Gasteiger partial charge in [0.25, 0.3) is 0 Å². The van der Waals surface area contributed by atoms with E-state index < -0.39 is 6.04 Å². The first-order chi connectivity index (χ1) is 14.5. The third-order valence-electron chi connectivity index (χ3n) is 5.64. The highest BCUT2D eigenvalue weighted by atomic mass is 16.2. The van der Waals surface area contributed by atoms with Crippen LogP contribution in [0.25, 0.3) is 0 Å². The van der Waals surface area contributed by atoms with Gasteiger partial charge in [-0.2, -0.15) is 0 Å².